The number of para-hydroxylation sites is 1. The number of hydrogen-bond acceptors (Lipinski definition) is 3. The first-order valence-corrected chi connectivity index (χ1v) is 6.91. The number of carbonyl (C=O) groups is 1. The molecule has 0 atom stereocenters. The summed E-state index contributed by atoms with van der Waals surface area (Å²) in [5, 5.41) is 6.28. The Morgan fingerprint density at radius 2 is 2.05 bits per heavy atom. The molecule has 0 aliphatic carbocycles. The van der Waals surface area contributed by atoms with E-state index in [1.165, 1.54) is 0 Å². The number of nitrogens with one attached hydrogen (secondary N) is 2. The second-order valence-corrected chi connectivity index (χ2v) is 5.06. The molecular formula is C15H12ClN3O3. The summed E-state index contributed by atoms with van der Waals surface area (Å²) in [6.45, 7) is 0.244. The predicted molar refractivity (Wildman–Crippen MR) is 82.8 cm³/mol. The molecule has 1 heterocycles. The molecule has 22 heavy (non-hydrogen) atoms. The van der Waals surface area contributed by atoms with Crippen LogP contribution < -0.4 is 15.7 Å². The van der Waals surface area contributed by atoms with Gasteiger partial charge >= 0.3 is 11.7 Å². The molecule has 3 aromatic rings. The Morgan fingerprint density at radius 3 is 2.82 bits per heavy atom. The molecule has 1 aromatic heterocycles. The highest BCUT2D eigenvalue weighted by atomic mass is 35.5. The summed E-state index contributed by atoms with van der Waals surface area (Å²) < 4.78 is 0. The first kappa shape index (κ1) is 14.2. The number of carbonyl (C=O) groups excluding carboxylic acids is 1. The Morgan fingerprint density at radius 1 is 1.23 bits per heavy atom. The summed E-state index contributed by atoms with van der Waals surface area (Å²) in [5.74, 6) is 0. The van der Waals surface area contributed by atoms with E-state index >= 15 is 0 Å². The van der Waals surface area contributed by atoms with Gasteiger partial charge in [0.05, 0.1) is 10.9 Å². The molecule has 3 rings (SSSR count). The standard InChI is InChI=1S/C15H12ClN3O3/c16-11-5-3-4-10(8-11)9-17-15(21)22-19-14(20)12-6-1-2-7-13(12)18-19/h1-8,18H,9H2,(H,17,21). The largest absolute Gasteiger partial charge is 0.433 e. The SMILES string of the molecule is O=C(NCc1cccc(Cl)c1)On1[nH]c2ccccc2c1=O. The van der Waals surface area contributed by atoms with E-state index in [0.717, 1.165) is 10.4 Å². The number of amides is 1. The molecule has 0 aliphatic rings. The van der Waals surface area contributed by atoms with Crippen LogP contribution in [-0.4, -0.2) is 16.0 Å². The summed E-state index contributed by atoms with van der Waals surface area (Å²) >= 11 is 5.86. The van der Waals surface area contributed by atoms with Gasteiger partial charge in [-0.05, 0) is 29.8 Å². The third-order valence-corrected chi connectivity index (χ3v) is 3.30. The fourth-order valence-electron chi connectivity index (χ4n) is 2.04. The van der Waals surface area contributed by atoms with Crippen molar-refractivity contribution in [3.05, 3.63) is 69.5 Å². The predicted octanol–water partition coefficient (Wildman–Crippen LogP) is 2.32. The van der Waals surface area contributed by atoms with E-state index < -0.39 is 11.7 Å². The normalized spacial score (nSPS) is 10.6. The van der Waals surface area contributed by atoms with Gasteiger partial charge in [-0.1, -0.05) is 40.7 Å². The molecule has 0 radical (unpaired) electrons. The van der Waals surface area contributed by atoms with Crippen LogP contribution in [0.3, 0.4) is 0 Å². The van der Waals surface area contributed by atoms with Gasteiger partial charge in [0.1, 0.15) is 0 Å². The van der Waals surface area contributed by atoms with E-state index in [-0.39, 0.29) is 6.54 Å². The summed E-state index contributed by atoms with van der Waals surface area (Å²) in [4.78, 5) is 29.5. The van der Waals surface area contributed by atoms with Crippen molar-refractivity contribution < 1.29 is 9.63 Å². The molecule has 0 unspecified atom stereocenters. The van der Waals surface area contributed by atoms with Crippen LogP contribution in [-0.2, 0) is 6.54 Å². The van der Waals surface area contributed by atoms with Gasteiger partial charge < -0.3 is 5.32 Å². The highest BCUT2D eigenvalue weighted by molar-refractivity contribution is 6.30. The van der Waals surface area contributed by atoms with E-state index in [2.05, 4.69) is 10.4 Å². The minimum absolute atomic E-state index is 0.244. The summed E-state index contributed by atoms with van der Waals surface area (Å²) in [6, 6.07) is 14.0. The lowest BCUT2D eigenvalue weighted by Crippen LogP contribution is -2.36. The van der Waals surface area contributed by atoms with Crippen LogP contribution in [0.2, 0.25) is 5.02 Å². The fraction of sp³-hybridized carbons (Fsp3) is 0.0667. The third kappa shape index (κ3) is 2.96. The van der Waals surface area contributed by atoms with E-state index in [4.69, 9.17) is 16.4 Å². The van der Waals surface area contributed by atoms with Gasteiger partial charge in [-0.15, -0.1) is 0 Å². The molecule has 6 nitrogen and oxygen atoms in total. The Kier molecular flexibility index (Phi) is 3.84. The lowest BCUT2D eigenvalue weighted by Gasteiger charge is -2.05. The summed E-state index contributed by atoms with van der Waals surface area (Å²) in [6.07, 6.45) is -0.742. The van der Waals surface area contributed by atoms with Crippen LogP contribution in [0.15, 0.2) is 53.3 Å². The monoisotopic (exact) mass is 317 g/mol. The Balaban J connectivity index is 1.68. The van der Waals surface area contributed by atoms with Gasteiger partial charge in [0.2, 0.25) is 0 Å². The minimum Gasteiger partial charge on any atom is -0.316 e. The van der Waals surface area contributed by atoms with Crippen molar-refractivity contribution in [2.75, 3.05) is 0 Å². The lowest BCUT2D eigenvalue weighted by molar-refractivity contribution is 0.112. The molecule has 0 fully saturated rings. The first-order valence-electron chi connectivity index (χ1n) is 6.54. The number of fused-ring (bicyclic) bond motifs is 1. The van der Waals surface area contributed by atoms with Crippen molar-refractivity contribution in [3.8, 4) is 0 Å². The lowest BCUT2D eigenvalue weighted by atomic mass is 10.2. The maximum absolute atomic E-state index is 12.0. The zero-order valence-electron chi connectivity index (χ0n) is 11.4. The topological polar surface area (TPSA) is 76.1 Å². The molecule has 2 N–H and O–H groups in total. The fourth-order valence-corrected chi connectivity index (χ4v) is 2.25. The van der Waals surface area contributed by atoms with E-state index in [0.29, 0.717) is 15.9 Å². The van der Waals surface area contributed by atoms with E-state index in [9.17, 15) is 9.59 Å². The van der Waals surface area contributed by atoms with Crippen LogP contribution in [0, 0.1) is 0 Å². The third-order valence-electron chi connectivity index (χ3n) is 3.06. The highest BCUT2D eigenvalue weighted by Gasteiger charge is 2.10. The smallest absolute Gasteiger partial charge is 0.316 e. The molecule has 2 aromatic carbocycles. The van der Waals surface area contributed by atoms with Gasteiger partial charge in [-0.2, -0.15) is 0 Å². The van der Waals surface area contributed by atoms with Gasteiger partial charge in [0.15, 0.2) is 0 Å². The molecule has 0 saturated heterocycles. The van der Waals surface area contributed by atoms with E-state index in [1.54, 1.807) is 42.5 Å². The molecule has 0 spiro atoms. The Hall–Kier alpha value is -2.73. The number of halogens is 1. The molecular weight excluding hydrogens is 306 g/mol. The first-order chi connectivity index (χ1) is 10.6. The Labute approximate surface area is 130 Å². The molecule has 1 amide bonds. The van der Waals surface area contributed by atoms with E-state index in [1.807, 2.05) is 6.07 Å². The number of hydrogen-bond donors (Lipinski definition) is 2. The second kappa shape index (κ2) is 5.95. The van der Waals surface area contributed by atoms with Crippen LogP contribution in [0.1, 0.15) is 5.56 Å². The van der Waals surface area contributed by atoms with Crippen LogP contribution in [0.25, 0.3) is 10.9 Å². The molecule has 7 heteroatoms. The number of benzene rings is 2. The number of aromatic nitrogens is 2. The van der Waals surface area contributed by atoms with Crippen LogP contribution in [0.5, 0.6) is 0 Å². The average Bonchev–Trinajstić information content (AvgIpc) is 2.82. The van der Waals surface area contributed by atoms with Crippen LogP contribution >= 0.6 is 11.6 Å². The number of rotatable bonds is 3. The molecule has 0 aliphatic heterocycles. The van der Waals surface area contributed by atoms with Crippen molar-refractivity contribution >= 4 is 28.6 Å². The number of aromatic amines is 1. The van der Waals surface area contributed by atoms with Gasteiger partial charge in [-0.25, -0.2) is 4.79 Å². The van der Waals surface area contributed by atoms with Gasteiger partial charge in [0, 0.05) is 11.6 Å². The maximum atomic E-state index is 12.0. The van der Waals surface area contributed by atoms with Crippen molar-refractivity contribution in [2.45, 2.75) is 6.54 Å². The van der Waals surface area contributed by atoms with Crippen LogP contribution in [0.4, 0.5) is 4.79 Å². The van der Waals surface area contributed by atoms with Gasteiger partial charge in [0.25, 0.3) is 0 Å². The second-order valence-electron chi connectivity index (χ2n) is 4.62. The average molecular weight is 318 g/mol. The minimum atomic E-state index is -0.742. The summed E-state index contributed by atoms with van der Waals surface area (Å²) in [5.41, 5.74) is 0.997. The van der Waals surface area contributed by atoms with Crippen molar-refractivity contribution in [3.63, 3.8) is 0 Å². The van der Waals surface area contributed by atoms with Crippen molar-refractivity contribution in [1.82, 2.24) is 15.3 Å². The van der Waals surface area contributed by atoms with Crippen molar-refractivity contribution in [1.29, 1.82) is 0 Å². The number of nitrogens with zero attached hydrogens (tertiary/aromatic N) is 1. The zero-order chi connectivity index (χ0) is 15.5. The number of H-pyrrole nitrogens is 1. The molecule has 112 valence electrons. The molecule has 0 saturated carbocycles. The zero-order valence-corrected chi connectivity index (χ0v) is 12.1. The quantitative estimate of drug-likeness (QED) is 0.778. The highest BCUT2D eigenvalue weighted by Crippen LogP contribution is 2.10. The van der Waals surface area contributed by atoms with Crippen molar-refractivity contribution in [2.24, 2.45) is 0 Å². The maximum Gasteiger partial charge on any atom is 0.433 e. The van der Waals surface area contributed by atoms with Gasteiger partial charge in [-0.3, -0.25) is 14.7 Å². The Bertz CT molecular complexity index is 885. The molecule has 0 bridgehead atoms. The summed E-state index contributed by atoms with van der Waals surface area (Å²) in [7, 11) is 0.